The van der Waals surface area contributed by atoms with E-state index in [0.717, 1.165) is 0 Å². The fourth-order valence-corrected chi connectivity index (χ4v) is 2.27. The smallest absolute Gasteiger partial charge is 0.339 e. The van der Waals surface area contributed by atoms with E-state index in [-0.39, 0.29) is 15.8 Å². The molecule has 0 spiro atoms. The summed E-state index contributed by atoms with van der Waals surface area (Å²) in [5, 5.41) is 8.45. The summed E-state index contributed by atoms with van der Waals surface area (Å²) in [5.74, 6) is -0.0851. The second-order valence-electron chi connectivity index (χ2n) is 3.89. The minimum absolute atomic E-state index is 0.180. The van der Waals surface area contributed by atoms with Crippen LogP contribution >= 0.6 is 23.2 Å². The molecule has 102 valence electrons. The van der Waals surface area contributed by atoms with Crippen molar-refractivity contribution >= 4 is 34.8 Å². The average Bonchev–Trinajstić information content (AvgIpc) is 3.03. The molecule has 0 saturated heterocycles. The third-order valence-electron chi connectivity index (χ3n) is 2.74. The van der Waals surface area contributed by atoms with Crippen molar-refractivity contribution in [1.82, 2.24) is 14.6 Å². The molecule has 0 amide bonds. The van der Waals surface area contributed by atoms with Gasteiger partial charge in [0.05, 0.1) is 29.5 Å². The largest absolute Gasteiger partial charge is 0.465 e. The summed E-state index contributed by atoms with van der Waals surface area (Å²) in [7, 11) is 1.29. The van der Waals surface area contributed by atoms with Crippen LogP contribution in [0.25, 0.3) is 17.0 Å². The maximum absolute atomic E-state index is 11.6. The number of carbonyl (C=O) groups is 1. The van der Waals surface area contributed by atoms with Gasteiger partial charge in [-0.05, 0) is 23.7 Å². The van der Waals surface area contributed by atoms with Crippen LogP contribution in [0.5, 0.6) is 0 Å². The Balaban J connectivity index is 2.28. The molecule has 3 aromatic rings. The first-order valence-electron chi connectivity index (χ1n) is 5.47. The monoisotopic (exact) mass is 311 g/mol. The van der Waals surface area contributed by atoms with Crippen molar-refractivity contribution in [2.75, 3.05) is 7.11 Å². The lowest BCUT2D eigenvalue weighted by Crippen LogP contribution is -2.03. The second kappa shape index (κ2) is 4.81. The van der Waals surface area contributed by atoms with Gasteiger partial charge in [-0.2, -0.15) is 0 Å². The summed E-state index contributed by atoms with van der Waals surface area (Å²) >= 11 is 12.0. The number of hydrogen-bond donors (Lipinski definition) is 0. The lowest BCUT2D eigenvalue weighted by atomic mass is 10.2. The Morgan fingerprint density at radius 1 is 1.40 bits per heavy atom. The summed E-state index contributed by atoms with van der Waals surface area (Å²) < 4.78 is 11.3. The Morgan fingerprint density at radius 3 is 2.85 bits per heavy atom. The van der Waals surface area contributed by atoms with Gasteiger partial charge in [0, 0.05) is 6.20 Å². The van der Waals surface area contributed by atoms with Crippen molar-refractivity contribution in [3.8, 4) is 11.4 Å². The van der Waals surface area contributed by atoms with E-state index in [0.29, 0.717) is 17.0 Å². The summed E-state index contributed by atoms with van der Waals surface area (Å²) in [5.41, 5.74) is 1.24. The van der Waals surface area contributed by atoms with Crippen molar-refractivity contribution in [2.45, 2.75) is 0 Å². The number of fused-ring (bicyclic) bond motifs is 1. The first-order valence-corrected chi connectivity index (χ1v) is 6.23. The molecule has 3 heterocycles. The Hall–Kier alpha value is -2.05. The molecule has 0 radical (unpaired) electrons. The van der Waals surface area contributed by atoms with Crippen LogP contribution in [0.2, 0.25) is 10.2 Å². The first kappa shape index (κ1) is 13.0. The number of ether oxygens (including phenoxy) is 1. The number of carbonyl (C=O) groups excluding carboxylic acids is 1. The Bertz CT molecular complexity index is 809. The van der Waals surface area contributed by atoms with Crippen molar-refractivity contribution in [2.24, 2.45) is 0 Å². The maximum Gasteiger partial charge on any atom is 0.339 e. The van der Waals surface area contributed by atoms with E-state index in [1.807, 2.05) is 0 Å². The van der Waals surface area contributed by atoms with E-state index in [9.17, 15) is 4.79 Å². The molecule has 0 atom stereocenters. The molecular weight excluding hydrogens is 305 g/mol. The van der Waals surface area contributed by atoms with Crippen LogP contribution < -0.4 is 0 Å². The zero-order chi connectivity index (χ0) is 14.3. The SMILES string of the molecule is COC(=O)c1cc(Cl)c2nnc(-c3ccoc3Cl)n2c1. The van der Waals surface area contributed by atoms with Gasteiger partial charge in [-0.15, -0.1) is 10.2 Å². The predicted molar refractivity (Wildman–Crippen MR) is 72.0 cm³/mol. The minimum atomic E-state index is -0.508. The van der Waals surface area contributed by atoms with Crippen LogP contribution in [0.15, 0.2) is 29.0 Å². The van der Waals surface area contributed by atoms with Gasteiger partial charge >= 0.3 is 5.97 Å². The molecule has 8 heteroatoms. The number of hydrogen-bond acceptors (Lipinski definition) is 5. The van der Waals surface area contributed by atoms with Crippen molar-refractivity contribution in [3.05, 3.63) is 40.4 Å². The summed E-state index contributed by atoms with van der Waals surface area (Å²) in [6, 6.07) is 3.12. The highest BCUT2D eigenvalue weighted by Gasteiger charge is 2.18. The molecule has 3 rings (SSSR count). The van der Waals surface area contributed by atoms with E-state index < -0.39 is 5.97 Å². The van der Waals surface area contributed by atoms with Crippen LogP contribution in [-0.4, -0.2) is 27.7 Å². The van der Waals surface area contributed by atoms with Crippen LogP contribution in [0.1, 0.15) is 10.4 Å². The number of halogens is 2. The lowest BCUT2D eigenvalue weighted by Gasteiger charge is -2.03. The molecule has 0 unspecified atom stereocenters. The van der Waals surface area contributed by atoms with Gasteiger partial charge in [0.15, 0.2) is 11.5 Å². The molecular formula is C12H7Cl2N3O3. The highest BCUT2D eigenvalue weighted by molar-refractivity contribution is 6.34. The number of aromatic nitrogens is 3. The molecule has 0 aliphatic heterocycles. The normalized spacial score (nSPS) is 10.9. The first-order chi connectivity index (χ1) is 9.61. The van der Waals surface area contributed by atoms with E-state index in [1.54, 1.807) is 10.5 Å². The fourth-order valence-electron chi connectivity index (χ4n) is 1.82. The van der Waals surface area contributed by atoms with E-state index >= 15 is 0 Å². The Kier molecular flexibility index (Phi) is 3.11. The summed E-state index contributed by atoms with van der Waals surface area (Å²) in [6.07, 6.45) is 2.97. The van der Waals surface area contributed by atoms with Crippen molar-refractivity contribution in [1.29, 1.82) is 0 Å². The van der Waals surface area contributed by atoms with E-state index in [4.69, 9.17) is 27.6 Å². The molecule has 0 bridgehead atoms. The predicted octanol–water partition coefficient (Wildman–Crippen LogP) is 3.08. The van der Waals surface area contributed by atoms with Gasteiger partial charge in [0.2, 0.25) is 5.22 Å². The zero-order valence-corrected chi connectivity index (χ0v) is 11.6. The summed E-state index contributed by atoms with van der Waals surface area (Å²) in [4.78, 5) is 11.6. The average molecular weight is 312 g/mol. The molecule has 0 aliphatic carbocycles. The van der Waals surface area contributed by atoms with Crippen molar-refractivity contribution < 1.29 is 13.9 Å². The van der Waals surface area contributed by atoms with E-state index in [2.05, 4.69) is 14.9 Å². The molecule has 0 N–H and O–H groups in total. The van der Waals surface area contributed by atoms with Crippen LogP contribution in [-0.2, 0) is 4.74 Å². The number of methoxy groups -OCH3 is 1. The van der Waals surface area contributed by atoms with E-state index in [1.165, 1.54) is 25.6 Å². The number of rotatable bonds is 2. The van der Waals surface area contributed by atoms with Crippen molar-refractivity contribution in [3.63, 3.8) is 0 Å². The molecule has 20 heavy (non-hydrogen) atoms. The van der Waals surface area contributed by atoms with Gasteiger partial charge in [0.25, 0.3) is 0 Å². The van der Waals surface area contributed by atoms with Gasteiger partial charge in [-0.25, -0.2) is 4.79 Å². The van der Waals surface area contributed by atoms with Crippen LogP contribution in [0.4, 0.5) is 0 Å². The van der Waals surface area contributed by atoms with Crippen LogP contribution in [0, 0.1) is 0 Å². The van der Waals surface area contributed by atoms with Gasteiger partial charge < -0.3 is 9.15 Å². The molecule has 0 fully saturated rings. The Morgan fingerprint density at radius 2 is 2.20 bits per heavy atom. The number of nitrogens with zero attached hydrogens (tertiary/aromatic N) is 3. The third kappa shape index (κ3) is 1.93. The highest BCUT2D eigenvalue weighted by Crippen LogP contribution is 2.29. The second-order valence-corrected chi connectivity index (χ2v) is 4.64. The van der Waals surface area contributed by atoms with Gasteiger partial charge in [-0.3, -0.25) is 4.40 Å². The third-order valence-corrected chi connectivity index (χ3v) is 3.31. The highest BCUT2D eigenvalue weighted by atomic mass is 35.5. The fraction of sp³-hybridized carbons (Fsp3) is 0.0833. The number of pyridine rings is 1. The topological polar surface area (TPSA) is 69.6 Å². The number of esters is 1. The lowest BCUT2D eigenvalue weighted by molar-refractivity contribution is 0.0600. The van der Waals surface area contributed by atoms with Gasteiger partial charge in [0.1, 0.15) is 0 Å². The molecule has 6 nitrogen and oxygen atoms in total. The van der Waals surface area contributed by atoms with Gasteiger partial charge in [-0.1, -0.05) is 11.6 Å². The molecule has 0 saturated carbocycles. The Labute approximate surface area is 122 Å². The summed E-state index contributed by atoms with van der Waals surface area (Å²) in [6.45, 7) is 0. The zero-order valence-electron chi connectivity index (χ0n) is 10.1. The van der Waals surface area contributed by atoms with Crippen LogP contribution in [0.3, 0.4) is 0 Å². The number of furan rings is 1. The minimum Gasteiger partial charge on any atom is -0.465 e. The molecule has 3 aromatic heterocycles. The molecule has 0 aromatic carbocycles. The maximum atomic E-state index is 11.6. The quantitative estimate of drug-likeness (QED) is 0.680. The molecule has 0 aliphatic rings. The standard InChI is InChI=1S/C12H7Cl2N3O3/c1-19-12(18)6-4-8(13)11-16-15-10(17(11)5-6)7-2-3-20-9(7)14/h2-5H,1H3.